The molecule has 0 amide bonds. The van der Waals surface area contributed by atoms with Crippen LogP contribution in [0.5, 0.6) is 0 Å². The van der Waals surface area contributed by atoms with Gasteiger partial charge in [0.25, 0.3) is 0 Å². The molecule has 0 saturated heterocycles. The van der Waals surface area contributed by atoms with Crippen LogP contribution in [-0.2, 0) is 16.0 Å². The van der Waals surface area contributed by atoms with Crippen LogP contribution in [0.25, 0.3) is 11.1 Å². The molecule has 0 heterocycles. The number of aliphatic hydroxyl groups excluding tert-OH is 1. The Balaban J connectivity index is 0.000000405. The number of carboxylic acid groups (broad SMARTS) is 2. The van der Waals surface area contributed by atoms with Gasteiger partial charge in [0.1, 0.15) is 0 Å². The lowest BCUT2D eigenvalue weighted by molar-refractivity contribution is -0.132. The van der Waals surface area contributed by atoms with Crippen LogP contribution in [0.2, 0.25) is 0 Å². The molecule has 3 rings (SSSR count). The summed E-state index contributed by atoms with van der Waals surface area (Å²) >= 11 is 0. The number of hydrogen-bond acceptors (Lipinski definition) is 3. The molecule has 1 aliphatic rings. The van der Waals surface area contributed by atoms with Crippen LogP contribution in [0.3, 0.4) is 0 Å². The van der Waals surface area contributed by atoms with Crippen LogP contribution in [0, 0.1) is 0 Å². The fourth-order valence-corrected chi connectivity index (χ4v) is 2.08. The van der Waals surface area contributed by atoms with Gasteiger partial charge in [-0.2, -0.15) is 0 Å². The van der Waals surface area contributed by atoms with Crippen LogP contribution in [0.1, 0.15) is 18.1 Å². The molecule has 0 unspecified atom stereocenters. The zero-order valence-electron chi connectivity index (χ0n) is 14.8. The Hall–Kier alpha value is -3.18. The van der Waals surface area contributed by atoms with Gasteiger partial charge in [-0.25, -0.2) is 9.59 Å². The SMILES string of the molecule is C=CC(=O)O.C=CC(=O)O.CCO.c1ccc2c(c1)Cc1ccccc1-2. The first-order chi connectivity index (χ1) is 12.4. The predicted octanol–water partition coefficient (Wildman–Crippen LogP) is 3.77. The normalized spacial score (nSPS) is 9.31. The summed E-state index contributed by atoms with van der Waals surface area (Å²) in [6, 6.07) is 17.3. The van der Waals surface area contributed by atoms with Crippen molar-refractivity contribution in [1.29, 1.82) is 0 Å². The highest BCUT2D eigenvalue weighted by Crippen LogP contribution is 2.35. The molecule has 5 nitrogen and oxygen atoms in total. The lowest BCUT2D eigenvalue weighted by Crippen LogP contribution is -1.82. The second-order valence-corrected chi connectivity index (χ2v) is 4.89. The minimum Gasteiger partial charge on any atom is -0.478 e. The number of aliphatic hydroxyl groups is 1. The molecular formula is C21H24O5. The number of fused-ring (bicyclic) bond motifs is 3. The van der Waals surface area contributed by atoms with E-state index >= 15 is 0 Å². The molecule has 5 heteroatoms. The Labute approximate surface area is 153 Å². The van der Waals surface area contributed by atoms with Crippen molar-refractivity contribution < 1.29 is 24.9 Å². The van der Waals surface area contributed by atoms with Crippen LogP contribution in [0.4, 0.5) is 0 Å². The van der Waals surface area contributed by atoms with Gasteiger partial charge in [0.15, 0.2) is 0 Å². The van der Waals surface area contributed by atoms with Gasteiger partial charge in [0, 0.05) is 18.8 Å². The summed E-state index contributed by atoms with van der Waals surface area (Å²) in [5, 5.41) is 22.8. The third-order valence-corrected chi connectivity index (χ3v) is 3.06. The maximum atomic E-state index is 9.25. The predicted molar refractivity (Wildman–Crippen MR) is 103 cm³/mol. The minimum absolute atomic E-state index is 0.250. The van der Waals surface area contributed by atoms with E-state index in [1.54, 1.807) is 6.92 Å². The van der Waals surface area contributed by atoms with E-state index in [9.17, 15) is 9.59 Å². The fraction of sp³-hybridized carbons (Fsp3) is 0.143. The van der Waals surface area contributed by atoms with Crippen LogP contribution in [-0.4, -0.2) is 33.9 Å². The zero-order chi connectivity index (χ0) is 19.9. The van der Waals surface area contributed by atoms with E-state index in [0.29, 0.717) is 0 Å². The van der Waals surface area contributed by atoms with E-state index in [1.807, 2.05) is 0 Å². The molecule has 0 radical (unpaired) electrons. The molecule has 1 aliphatic carbocycles. The Bertz CT molecular complexity index is 673. The summed E-state index contributed by atoms with van der Waals surface area (Å²) < 4.78 is 0. The number of carboxylic acids is 2. The van der Waals surface area contributed by atoms with Crippen molar-refractivity contribution in [3.63, 3.8) is 0 Å². The Kier molecular flexibility index (Phi) is 11.5. The van der Waals surface area contributed by atoms with Crippen molar-refractivity contribution in [3.05, 3.63) is 85.0 Å². The van der Waals surface area contributed by atoms with Gasteiger partial charge in [-0.1, -0.05) is 61.7 Å². The molecule has 0 bridgehead atoms. The number of hydrogen-bond donors (Lipinski definition) is 3. The Morgan fingerprint density at radius 2 is 1.15 bits per heavy atom. The standard InChI is InChI=1S/C13H10.2C3H4O2.C2H6O/c1-3-7-12-10(5-1)9-11-6-2-4-8-13(11)12;2*1-2-3(4)5;1-2-3/h1-8H,9H2;2*2H,1H2,(H,4,5);3H,2H2,1H3. The molecule has 0 saturated carbocycles. The molecule has 0 spiro atoms. The van der Waals surface area contributed by atoms with Crippen LogP contribution in [0.15, 0.2) is 73.8 Å². The highest BCUT2D eigenvalue weighted by molar-refractivity contribution is 5.79. The molecule has 0 aromatic heterocycles. The first-order valence-electron chi connectivity index (χ1n) is 7.88. The molecule has 0 atom stereocenters. The second-order valence-electron chi connectivity index (χ2n) is 4.89. The van der Waals surface area contributed by atoms with E-state index in [-0.39, 0.29) is 6.61 Å². The summed E-state index contributed by atoms with van der Waals surface area (Å²) in [6.07, 6.45) is 2.77. The van der Waals surface area contributed by atoms with Gasteiger partial charge in [-0.3, -0.25) is 0 Å². The van der Waals surface area contributed by atoms with Crippen LogP contribution < -0.4 is 0 Å². The smallest absolute Gasteiger partial charge is 0.327 e. The summed E-state index contributed by atoms with van der Waals surface area (Å²) in [5.41, 5.74) is 5.75. The van der Waals surface area contributed by atoms with Gasteiger partial charge in [0.2, 0.25) is 0 Å². The quantitative estimate of drug-likeness (QED) is 0.608. The molecule has 26 heavy (non-hydrogen) atoms. The highest BCUT2D eigenvalue weighted by atomic mass is 16.4. The van der Waals surface area contributed by atoms with Gasteiger partial charge >= 0.3 is 11.9 Å². The van der Waals surface area contributed by atoms with Gasteiger partial charge < -0.3 is 15.3 Å². The van der Waals surface area contributed by atoms with Crippen molar-refractivity contribution in [3.8, 4) is 11.1 Å². The van der Waals surface area contributed by atoms with Gasteiger partial charge in [0.05, 0.1) is 0 Å². The van der Waals surface area contributed by atoms with E-state index in [2.05, 4.69) is 61.7 Å². The molecule has 0 aliphatic heterocycles. The molecule has 3 N–H and O–H groups in total. The Morgan fingerprint density at radius 3 is 1.42 bits per heavy atom. The molecule has 138 valence electrons. The Morgan fingerprint density at radius 1 is 0.885 bits per heavy atom. The molecule has 2 aromatic carbocycles. The summed E-state index contributed by atoms with van der Waals surface area (Å²) in [4.78, 5) is 18.5. The third kappa shape index (κ3) is 8.61. The third-order valence-electron chi connectivity index (χ3n) is 3.06. The largest absolute Gasteiger partial charge is 0.478 e. The van der Waals surface area contributed by atoms with Gasteiger partial charge in [-0.05, 0) is 35.6 Å². The van der Waals surface area contributed by atoms with Crippen LogP contribution >= 0.6 is 0 Å². The topological polar surface area (TPSA) is 94.8 Å². The number of aliphatic carboxylic acids is 2. The lowest BCUT2D eigenvalue weighted by atomic mass is 10.1. The van der Waals surface area contributed by atoms with Gasteiger partial charge in [-0.15, -0.1) is 0 Å². The zero-order valence-corrected chi connectivity index (χ0v) is 14.8. The summed E-state index contributed by atoms with van der Waals surface area (Å²) in [7, 11) is 0. The lowest BCUT2D eigenvalue weighted by Gasteiger charge is -1.98. The van der Waals surface area contributed by atoms with Crippen molar-refractivity contribution in [2.45, 2.75) is 13.3 Å². The summed E-state index contributed by atoms with van der Waals surface area (Å²) in [6.45, 7) is 7.85. The fourth-order valence-electron chi connectivity index (χ4n) is 2.08. The minimum atomic E-state index is -0.981. The first kappa shape index (κ1) is 22.8. The number of benzene rings is 2. The maximum Gasteiger partial charge on any atom is 0.327 e. The van der Waals surface area contributed by atoms with E-state index in [1.165, 1.54) is 22.3 Å². The second kappa shape index (κ2) is 13.1. The molecule has 0 fully saturated rings. The number of carbonyl (C=O) groups is 2. The molecule has 2 aromatic rings. The average molecular weight is 356 g/mol. The molecular weight excluding hydrogens is 332 g/mol. The van der Waals surface area contributed by atoms with E-state index in [4.69, 9.17) is 15.3 Å². The maximum absolute atomic E-state index is 9.25. The summed E-state index contributed by atoms with van der Waals surface area (Å²) in [5.74, 6) is -1.96. The highest BCUT2D eigenvalue weighted by Gasteiger charge is 2.15. The monoisotopic (exact) mass is 356 g/mol. The number of rotatable bonds is 2. The van der Waals surface area contributed by atoms with Crippen molar-refractivity contribution >= 4 is 11.9 Å². The van der Waals surface area contributed by atoms with E-state index in [0.717, 1.165) is 18.6 Å². The average Bonchev–Trinajstić information content (AvgIpc) is 3.02. The van der Waals surface area contributed by atoms with Crippen molar-refractivity contribution in [2.24, 2.45) is 0 Å². The first-order valence-corrected chi connectivity index (χ1v) is 7.88. The van der Waals surface area contributed by atoms with Crippen molar-refractivity contribution in [1.82, 2.24) is 0 Å². The van der Waals surface area contributed by atoms with Crippen molar-refractivity contribution in [2.75, 3.05) is 6.61 Å². The van der Waals surface area contributed by atoms with E-state index < -0.39 is 11.9 Å².